The lowest BCUT2D eigenvalue weighted by atomic mass is 9.63. The maximum atomic E-state index is 12.6. The van der Waals surface area contributed by atoms with Gasteiger partial charge in [0.2, 0.25) is 5.91 Å². The maximum Gasteiger partial charge on any atom is 0.225 e. The monoisotopic (exact) mass is 379 g/mol. The summed E-state index contributed by atoms with van der Waals surface area (Å²) in [5.74, 6) is 0.924. The number of hydrogen-bond acceptors (Lipinski definition) is 3. The number of hydrogen-bond donors (Lipinski definition) is 1. The highest BCUT2D eigenvalue weighted by molar-refractivity contribution is 5.81. The lowest BCUT2D eigenvalue weighted by Gasteiger charge is -2.55. The van der Waals surface area contributed by atoms with Crippen LogP contribution in [0.15, 0.2) is 42.7 Å². The van der Waals surface area contributed by atoms with E-state index in [0.29, 0.717) is 24.2 Å². The van der Waals surface area contributed by atoms with Crippen LogP contribution in [0, 0.1) is 11.3 Å². The first-order valence-corrected chi connectivity index (χ1v) is 10.5. The summed E-state index contributed by atoms with van der Waals surface area (Å²) < 4.78 is 1.92. The molecule has 1 aromatic heterocycles. The van der Waals surface area contributed by atoms with E-state index in [-0.39, 0.29) is 11.8 Å². The zero-order valence-electron chi connectivity index (χ0n) is 16.6. The van der Waals surface area contributed by atoms with E-state index in [1.807, 2.05) is 35.0 Å². The van der Waals surface area contributed by atoms with Gasteiger partial charge in [-0.15, -0.1) is 0 Å². The molecule has 0 radical (unpaired) electrons. The van der Waals surface area contributed by atoms with Gasteiger partial charge in [-0.05, 0) is 75.1 Å². The first-order chi connectivity index (χ1) is 13.4. The van der Waals surface area contributed by atoms with Gasteiger partial charge in [0.25, 0.3) is 0 Å². The van der Waals surface area contributed by atoms with E-state index in [9.17, 15) is 9.90 Å². The zero-order valence-corrected chi connectivity index (χ0v) is 16.6. The Morgan fingerprint density at radius 1 is 1.18 bits per heavy atom. The van der Waals surface area contributed by atoms with Gasteiger partial charge >= 0.3 is 0 Å². The van der Waals surface area contributed by atoms with Crippen LogP contribution in [-0.4, -0.2) is 44.4 Å². The summed E-state index contributed by atoms with van der Waals surface area (Å²) in [7, 11) is 0. The number of benzene rings is 1. The number of nitrogens with zero attached hydrogens (tertiary/aromatic N) is 3. The topological polar surface area (TPSA) is 58.4 Å². The number of rotatable bonds is 3. The van der Waals surface area contributed by atoms with E-state index >= 15 is 0 Å². The summed E-state index contributed by atoms with van der Waals surface area (Å²) in [4.78, 5) is 14.6. The van der Waals surface area contributed by atoms with Gasteiger partial charge in [0.05, 0.1) is 11.3 Å². The molecular weight excluding hydrogens is 350 g/mol. The molecule has 2 aromatic rings. The molecule has 1 aromatic carbocycles. The largest absolute Gasteiger partial charge is 0.390 e. The Kier molecular flexibility index (Phi) is 4.13. The van der Waals surface area contributed by atoms with E-state index < -0.39 is 5.60 Å². The molecule has 0 unspecified atom stereocenters. The summed E-state index contributed by atoms with van der Waals surface area (Å²) in [5, 5.41) is 14.2. The number of likely N-dealkylation sites (tertiary alicyclic amines) is 1. The van der Waals surface area contributed by atoms with E-state index in [2.05, 4.69) is 29.4 Å². The third kappa shape index (κ3) is 3.16. The molecule has 1 spiro atoms. The lowest BCUT2D eigenvalue weighted by molar-refractivity contribution is -0.163. The van der Waals surface area contributed by atoms with Crippen molar-refractivity contribution in [2.75, 3.05) is 13.1 Å². The van der Waals surface area contributed by atoms with Crippen molar-refractivity contribution >= 4 is 5.91 Å². The summed E-state index contributed by atoms with van der Waals surface area (Å²) in [6.45, 7) is 3.67. The summed E-state index contributed by atoms with van der Waals surface area (Å²) in [6, 6.07) is 10.7. The number of aromatic nitrogens is 2. The van der Waals surface area contributed by atoms with Crippen molar-refractivity contribution in [3.8, 4) is 5.69 Å². The van der Waals surface area contributed by atoms with Gasteiger partial charge in [-0.3, -0.25) is 4.79 Å². The molecule has 1 saturated heterocycles. The Morgan fingerprint density at radius 2 is 1.93 bits per heavy atom. The molecule has 0 bridgehead atoms. The highest BCUT2D eigenvalue weighted by atomic mass is 16.3. The van der Waals surface area contributed by atoms with Gasteiger partial charge in [0.1, 0.15) is 0 Å². The van der Waals surface area contributed by atoms with Crippen molar-refractivity contribution in [3.63, 3.8) is 0 Å². The second kappa shape index (κ2) is 6.45. The van der Waals surface area contributed by atoms with Crippen LogP contribution in [0.5, 0.6) is 0 Å². The van der Waals surface area contributed by atoms with E-state index in [4.69, 9.17) is 0 Å². The Bertz CT molecular complexity index is 850. The second-order valence-electron chi connectivity index (χ2n) is 9.62. The summed E-state index contributed by atoms with van der Waals surface area (Å²) in [5.41, 5.74) is 2.26. The summed E-state index contributed by atoms with van der Waals surface area (Å²) in [6.07, 6.45) is 9.85. The van der Waals surface area contributed by atoms with Gasteiger partial charge in [0.15, 0.2) is 0 Å². The predicted molar refractivity (Wildman–Crippen MR) is 107 cm³/mol. The lowest BCUT2D eigenvalue weighted by Crippen LogP contribution is -2.62. The van der Waals surface area contributed by atoms with E-state index in [0.717, 1.165) is 18.8 Å². The SMILES string of the molecule is C[C@]1(O)C[C@@H](C(=O)N2CC3(CCC(c4cccc(-n5cccn5)c4)CC3)C2)C1. The van der Waals surface area contributed by atoms with Crippen LogP contribution >= 0.6 is 0 Å². The molecule has 5 nitrogen and oxygen atoms in total. The van der Waals surface area contributed by atoms with Crippen molar-refractivity contribution in [1.29, 1.82) is 0 Å². The smallest absolute Gasteiger partial charge is 0.225 e. The fourth-order valence-corrected chi connectivity index (χ4v) is 5.58. The van der Waals surface area contributed by atoms with Crippen molar-refractivity contribution < 1.29 is 9.90 Å². The molecule has 148 valence electrons. The minimum Gasteiger partial charge on any atom is -0.390 e. The van der Waals surface area contributed by atoms with Crippen molar-refractivity contribution in [2.24, 2.45) is 11.3 Å². The fourth-order valence-electron chi connectivity index (χ4n) is 5.58. The highest BCUT2D eigenvalue weighted by Gasteiger charge is 2.51. The Morgan fingerprint density at radius 3 is 2.57 bits per heavy atom. The van der Waals surface area contributed by atoms with Crippen LogP contribution in [0.4, 0.5) is 0 Å². The Balaban J connectivity index is 1.17. The van der Waals surface area contributed by atoms with Crippen LogP contribution in [0.3, 0.4) is 0 Å². The van der Waals surface area contributed by atoms with Crippen LogP contribution in [0.1, 0.15) is 56.9 Å². The van der Waals surface area contributed by atoms with Crippen LogP contribution in [0.25, 0.3) is 5.69 Å². The average Bonchev–Trinajstić information content (AvgIpc) is 3.19. The average molecular weight is 380 g/mol. The van der Waals surface area contributed by atoms with Gasteiger partial charge < -0.3 is 10.0 Å². The van der Waals surface area contributed by atoms with Crippen molar-refractivity contribution in [1.82, 2.24) is 14.7 Å². The molecule has 5 rings (SSSR count). The molecular formula is C23H29N3O2. The molecule has 2 saturated carbocycles. The highest BCUT2D eigenvalue weighted by Crippen LogP contribution is 2.50. The zero-order chi connectivity index (χ0) is 19.4. The third-order valence-electron chi connectivity index (χ3n) is 7.24. The predicted octanol–water partition coefficient (Wildman–Crippen LogP) is 3.52. The molecule has 3 aliphatic rings. The number of carbonyl (C=O) groups excluding carboxylic acids is 1. The summed E-state index contributed by atoms with van der Waals surface area (Å²) >= 11 is 0. The standard InChI is InChI=1S/C23H29N3O2/c1-22(28)13-19(14-22)21(27)25-15-23(16-25)8-6-17(7-9-23)18-4-2-5-20(12-18)26-11-3-10-24-26/h2-5,10-12,17,19,28H,6-9,13-16H2,1H3/t19-,22+. The van der Waals surface area contributed by atoms with Crippen LogP contribution < -0.4 is 0 Å². The second-order valence-corrected chi connectivity index (χ2v) is 9.62. The van der Waals surface area contributed by atoms with Crippen molar-refractivity contribution in [2.45, 2.75) is 57.0 Å². The van der Waals surface area contributed by atoms with Crippen LogP contribution in [0.2, 0.25) is 0 Å². The maximum absolute atomic E-state index is 12.6. The molecule has 1 aliphatic heterocycles. The van der Waals surface area contributed by atoms with Gasteiger partial charge in [-0.25, -0.2) is 4.68 Å². The first-order valence-electron chi connectivity index (χ1n) is 10.5. The van der Waals surface area contributed by atoms with Gasteiger partial charge in [0, 0.05) is 36.8 Å². The molecule has 3 fully saturated rings. The molecule has 28 heavy (non-hydrogen) atoms. The third-order valence-corrected chi connectivity index (χ3v) is 7.24. The normalized spacial score (nSPS) is 29.4. The molecule has 2 heterocycles. The minimum absolute atomic E-state index is 0.0497. The van der Waals surface area contributed by atoms with E-state index in [1.165, 1.54) is 31.2 Å². The number of aliphatic hydroxyl groups is 1. The minimum atomic E-state index is -0.619. The van der Waals surface area contributed by atoms with Gasteiger partial charge in [-0.2, -0.15) is 5.10 Å². The van der Waals surface area contributed by atoms with Gasteiger partial charge in [-0.1, -0.05) is 12.1 Å². The first kappa shape index (κ1) is 17.9. The van der Waals surface area contributed by atoms with Crippen molar-refractivity contribution in [3.05, 3.63) is 48.3 Å². The fraction of sp³-hybridized carbons (Fsp3) is 0.565. The molecule has 5 heteroatoms. The van der Waals surface area contributed by atoms with E-state index in [1.54, 1.807) is 0 Å². The molecule has 1 amide bonds. The Hall–Kier alpha value is -2.14. The molecule has 0 atom stereocenters. The molecule has 2 aliphatic carbocycles. The van der Waals surface area contributed by atoms with Crippen LogP contribution in [-0.2, 0) is 4.79 Å². The Labute approximate surface area is 166 Å². The number of carbonyl (C=O) groups is 1. The molecule has 1 N–H and O–H groups in total. The quantitative estimate of drug-likeness (QED) is 0.888. The number of amides is 1.